The second-order valence-corrected chi connectivity index (χ2v) is 4.29. The topological polar surface area (TPSA) is 38.3 Å². The molecule has 1 aromatic carbocycles. The van der Waals surface area contributed by atoms with Gasteiger partial charge < -0.3 is 10.1 Å². The molecule has 0 spiro atoms. The van der Waals surface area contributed by atoms with Crippen molar-refractivity contribution in [2.75, 3.05) is 13.6 Å². The number of hydrogen-bond acceptors (Lipinski definition) is 3. The predicted molar refractivity (Wildman–Crippen MR) is 64.9 cm³/mol. The Kier molecular flexibility index (Phi) is 5.35. The van der Waals surface area contributed by atoms with Crippen LogP contribution in [0.1, 0.15) is 12.5 Å². The van der Waals surface area contributed by atoms with Gasteiger partial charge in [-0.15, -0.1) is 13.2 Å². The molecule has 1 unspecified atom stereocenters. The molecular weight excluding hydrogens is 259 g/mol. The molecule has 0 aliphatic heterocycles. The Balaban J connectivity index is 2.59. The zero-order valence-electron chi connectivity index (χ0n) is 10.8. The smallest absolute Gasteiger partial charge is 0.406 e. The zero-order chi connectivity index (χ0) is 14.5. The van der Waals surface area contributed by atoms with Crippen molar-refractivity contribution >= 4 is 5.78 Å². The highest BCUT2D eigenvalue weighted by molar-refractivity contribution is 5.83. The highest BCUT2D eigenvalue weighted by Crippen LogP contribution is 2.23. The van der Waals surface area contributed by atoms with Gasteiger partial charge in [-0.1, -0.05) is 19.1 Å². The van der Waals surface area contributed by atoms with E-state index in [0.29, 0.717) is 12.1 Å². The SMILES string of the molecule is CNCC(C)C(=O)Cc1ccc(OC(F)(F)F)cc1. The summed E-state index contributed by atoms with van der Waals surface area (Å²) in [6, 6.07) is 5.34. The molecule has 19 heavy (non-hydrogen) atoms. The Bertz CT molecular complexity index is 415. The van der Waals surface area contributed by atoms with Gasteiger partial charge in [0.1, 0.15) is 11.5 Å². The first kappa shape index (κ1) is 15.5. The van der Waals surface area contributed by atoms with Crippen molar-refractivity contribution in [3.05, 3.63) is 29.8 Å². The van der Waals surface area contributed by atoms with Crippen LogP contribution in [0, 0.1) is 5.92 Å². The molecule has 0 saturated carbocycles. The lowest BCUT2D eigenvalue weighted by Gasteiger charge is -2.11. The van der Waals surface area contributed by atoms with Gasteiger partial charge in [0.05, 0.1) is 0 Å². The van der Waals surface area contributed by atoms with Gasteiger partial charge in [-0.25, -0.2) is 0 Å². The lowest BCUT2D eigenvalue weighted by molar-refractivity contribution is -0.274. The average molecular weight is 275 g/mol. The van der Waals surface area contributed by atoms with E-state index in [1.807, 2.05) is 0 Å². The van der Waals surface area contributed by atoms with Crippen LogP contribution in [0.15, 0.2) is 24.3 Å². The van der Waals surface area contributed by atoms with E-state index in [0.717, 1.165) is 0 Å². The van der Waals surface area contributed by atoms with Gasteiger partial charge in [-0.3, -0.25) is 4.79 Å². The quantitative estimate of drug-likeness (QED) is 0.867. The summed E-state index contributed by atoms with van der Waals surface area (Å²) in [5.74, 6) is -0.373. The average Bonchev–Trinajstić information content (AvgIpc) is 2.30. The van der Waals surface area contributed by atoms with Gasteiger partial charge in [-0.2, -0.15) is 0 Å². The molecule has 0 fully saturated rings. The Labute approximate surface area is 109 Å². The standard InChI is InChI=1S/C13H16F3NO2/c1-9(8-17-2)12(18)7-10-3-5-11(6-4-10)19-13(14,15)16/h3-6,9,17H,7-8H2,1-2H3. The fourth-order valence-corrected chi connectivity index (χ4v) is 1.60. The van der Waals surface area contributed by atoms with Crippen molar-refractivity contribution in [3.63, 3.8) is 0 Å². The number of alkyl halides is 3. The Morgan fingerprint density at radius 2 is 1.89 bits per heavy atom. The van der Waals surface area contributed by atoms with E-state index in [2.05, 4.69) is 10.1 Å². The number of benzene rings is 1. The third-order valence-electron chi connectivity index (χ3n) is 2.60. The lowest BCUT2D eigenvalue weighted by Crippen LogP contribution is -2.24. The van der Waals surface area contributed by atoms with Crippen molar-refractivity contribution in [2.24, 2.45) is 5.92 Å². The summed E-state index contributed by atoms with van der Waals surface area (Å²) in [5.41, 5.74) is 0.669. The van der Waals surface area contributed by atoms with Crippen LogP contribution in [-0.2, 0) is 11.2 Å². The molecule has 0 saturated heterocycles. The maximum Gasteiger partial charge on any atom is 0.573 e. The van der Waals surface area contributed by atoms with Crippen molar-refractivity contribution in [2.45, 2.75) is 19.7 Å². The van der Waals surface area contributed by atoms with Crippen LogP contribution in [0.3, 0.4) is 0 Å². The summed E-state index contributed by atoms with van der Waals surface area (Å²) in [7, 11) is 1.76. The molecule has 0 aromatic heterocycles. The third kappa shape index (κ3) is 5.74. The maximum atomic E-state index is 12.0. The van der Waals surface area contributed by atoms with Gasteiger partial charge in [0.2, 0.25) is 0 Å². The van der Waals surface area contributed by atoms with Gasteiger partial charge in [0, 0.05) is 18.9 Å². The molecule has 3 nitrogen and oxygen atoms in total. The van der Waals surface area contributed by atoms with E-state index in [1.54, 1.807) is 14.0 Å². The third-order valence-corrected chi connectivity index (χ3v) is 2.60. The van der Waals surface area contributed by atoms with Crippen LogP contribution in [-0.4, -0.2) is 25.7 Å². The molecule has 0 radical (unpaired) electrons. The number of carbonyl (C=O) groups is 1. The van der Waals surface area contributed by atoms with Crippen LogP contribution in [0.2, 0.25) is 0 Å². The van der Waals surface area contributed by atoms with Crippen LogP contribution in [0.5, 0.6) is 5.75 Å². The van der Waals surface area contributed by atoms with Gasteiger partial charge >= 0.3 is 6.36 Å². The Hall–Kier alpha value is -1.56. The van der Waals surface area contributed by atoms with Crippen LogP contribution in [0.4, 0.5) is 13.2 Å². The number of nitrogens with one attached hydrogen (secondary N) is 1. The fraction of sp³-hybridized carbons (Fsp3) is 0.462. The number of hydrogen-bond donors (Lipinski definition) is 1. The zero-order valence-corrected chi connectivity index (χ0v) is 10.8. The normalized spacial score (nSPS) is 13.1. The number of ether oxygens (including phenoxy) is 1. The second kappa shape index (κ2) is 6.56. The molecule has 1 N–H and O–H groups in total. The van der Waals surface area contributed by atoms with E-state index in [1.165, 1.54) is 24.3 Å². The van der Waals surface area contributed by atoms with E-state index in [-0.39, 0.29) is 23.9 Å². The van der Waals surface area contributed by atoms with E-state index < -0.39 is 6.36 Å². The van der Waals surface area contributed by atoms with Gasteiger partial charge in [-0.05, 0) is 24.7 Å². The summed E-state index contributed by atoms with van der Waals surface area (Å²) < 4.78 is 39.6. The minimum Gasteiger partial charge on any atom is -0.406 e. The van der Waals surface area contributed by atoms with E-state index >= 15 is 0 Å². The highest BCUT2D eigenvalue weighted by atomic mass is 19.4. The monoisotopic (exact) mass is 275 g/mol. The first-order valence-corrected chi connectivity index (χ1v) is 5.84. The molecule has 0 amide bonds. The maximum absolute atomic E-state index is 12.0. The summed E-state index contributed by atoms with van der Waals surface area (Å²) in [6.07, 6.45) is -4.49. The van der Waals surface area contributed by atoms with E-state index in [9.17, 15) is 18.0 Å². The van der Waals surface area contributed by atoms with Gasteiger partial charge in [0.15, 0.2) is 0 Å². The Morgan fingerprint density at radius 3 is 2.37 bits per heavy atom. The molecule has 0 heterocycles. The number of carbonyl (C=O) groups excluding carboxylic acids is 1. The van der Waals surface area contributed by atoms with Crippen molar-refractivity contribution in [3.8, 4) is 5.75 Å². The Morgan fingerprint density at radius 1 is 1.32 bits per heavy atom. The van der Waals surface area contributed by atoms with Crippen molar-refractivity contribution < 1.29 is 22.7 Å². The molecule has 106 valence electrons. The number of ketones is 1. The number of Topliss-reactive ketones (excluding diaryl/α,β-unsaturated/α-hetero) is 1. The molecular formula is C13H16F3NO2. The van der Waals surface area contributed by atoms with Gasteiger partial charge in [0.25, 0.3) is 0 Å². The summed E-state index contributed by atoms with van der Waals surface area (Å²) >= 11 is 0. The fourth-order valence-electron chi connectivity index (χ4n) is 1.60. The molecule has 0 aliphatic carbocycles. The van der Waals surface area contributed by atoms with Crippen molar-refractivity contribution in [1.29, 1.82) is 0 Å². The predicted octanol–water partition coefficient (Wildman–Crippen LogP) is 2.55. The first-order valence-electron chi connectivity index (χ1n) is 5.84. The molecule has 1 atom stereocenters. The minimum absolute atomic E-state index is 0.0406. The molecule has 1 aromatic rings. The molecule has 6 heteroatoms. The minimum atomic E-state index is -4.70. The summed E-state index contributed by atoms with van der Waals surface area (Å²) in [4.78, 5) is 11.8. The molecule has 0 bridgehead atoms. The number of rotatable bonds is 6. The summed E-state index contributed by atoms with van der Waals surface area (Å²) in [5, 5.41) is 2.90. The molecule has 1 rings (SSSR count). The lowest BCUT2D eigenvalue weighted by atomic mass is 9.99. The first-order chi connectivity index (χ1) is 8.81. The van der Waals surface area contributed by atoms with Crippen LogP contribution in [0.25, 0.3) is 0 Å². The highest BCUT2D eigenvalue weighted by Gasteiger charge is 2.30. The van der Waals surface area contributed by atoms with Crippen LogP contribution < -0.4 is 10.1 Å². The molecule has 0 aliphatic rings. The largest absolute Gasteiger partial charge is 0.573 e. The second-order valence-electron chi connectivity index (χ2n) is 4.29. The van der Waals surface area contributed by atoms with Crippen molar-refractivity contribution in [1.82, 2.24) is 5.32 Å². The van der Waals surface area contributed by atoms with E-state index in [4.69, 9.17) is 0 Å². The number of halogens is 3. The summed E-state index contributed by atoms with van der Waals surface area (Å²) in [6.45, 7) is 2.38. The van der Waals surface area contributed by atoms with Crippen LogP contribution >= 0.6 is 0 Å².